The molecule has 3 saturated heterocycles. The molecule has 10 rings (SSSR count). The standard InChI is InChI=1S/C38H40N8O7/c39-32-29(14-26(42-43-32)24-3-1-2-4-28(24)47)53-12-10-36-15-38(16-36,17-36)41-31(49)9-11-44-18-37(19-44)20-45(21-37)22-5-6-23-25(13-22)35(52)46(34(23)51)27-7-8-30(48)40-33(27)50/h1-6,13-14,27,47H,7-12,15-21H2,(H2,39,43)(H,41,49)(H,40,48,50). The Labute approximate surface area is 304 Å². The molecule has 274 valence electrons. The first-order valence-corrected chi connectivity index (χ1v) is 18.1. The fourth-order valence-electron chi connectivity index (χ4n) is 9.57. The zero-order valence-electron chi connectivity index (χ0n) is 29.1. The van der Waals surface area contributed by atoms with Crippen LogP contribution >= 0.6 is 0 Å². The van der Waals surface area contributed by atoms with Gasteiger partial charge in [-0.25, -0.2) is 0 Å². The van der Waals surface area contributed by atoms with Crippen LogP contribution in [0.4, 0.5) is 11.5 Å². The number of carbonyl (C=O) groups excluding carboxylic acids is 5. The Bertz CT molecular complexity index is 2070. The number of ether oxygens (including phenoxy) is 1. The van der Waals surface area contributed by atoms with Gasteiger partial charge in [0.2, 0.25) is 17.7 Å². The number of benzene rings is 2. The number of amides is 5. The van der Waals surface area contributed by atoms with Crippen molar-refractivity contribution in [2.24, 2.45) is 10.8 Å². The highest BCUT2D eigenvalue weighted by Crippen LogP contribution is 2.69. The summed E-state index contributed by atoms with van der Waals surface area (Å²) in [4.78, 5) is 68.6. The fraction of sp³-hybridized carbons (Fsp3) is 0.447. The van der Waals surface area contributed by atoms with Gasteiger partial charge in [0.15, 0.2) is 11.6 Å². The molecule has 5 heterocycles. The number of likely N-dealkylation sites (tertiary alicyclic amines) is 1. The van der Waals surface area contributed by atoms with Gasteiger partial charge in [-0.3, -0.25) is 34.2 Å². The van der Waals surface area contributed by atoms with E-state index < -0.39 is 29.7 Å². The zero-order valence-corrected chi connectivity index (χ0v) is 29.1. The number of anilines is 2. The van der Waals surface area contributed by atoms with Gasteiger partial charge < -0.3 is 30.7 Å². The Morgan fingerprint density at radius 2 is 1.72 bits per heavy atom. The van der Waals surface area contributed by atoms with Gasteiger partial charge in [-0.2, -0.15) is 0 Å². The number of aromatic nitrogens is 2. The molecular weight excluding hydrogens is 680 g/mol. The summed E-state index contributed by atoms with van der Waals surface area (Å²) >= 11 is 0. The van der Waals surface area contributed by atoms with E-state index in [9.17, 15) is 29.1 Å². The van der Waals surface area contributed by atoms with Crippen molar-refractivity contribution in [3.8, 4) is 22.8 Å². The SMILES string of the molecule is Nc1nnc(-c2ccccc2O)cc1OCCC12CC(NC(=O)CCN3CC4(C3)CN(c3ccc5c(c3)C(=O)N(C3CCC(=O)NC3=O)C5=O)C4)(C1)C2. The molecule has 3 saturated carbocycles. The van der Waals surface area contributed by atoms with Gasteiger partial charge in [-0.15, -0.1) is 10.2 Å². The summed E-state index contributed by atoms with van der Waals surface area (Å²) in [6.45, 7) is 4.64. The Kier molecular flexibility index (Phi) is 7.52. The third-order valence-corrected chi connectivity index (χ3v) is 12.0. The van der Waals surface area contributed by atoms with Gasteiger partial charge in [0.05, 0.1) is 17.7 Å². The van der Waals surface area contributed by atoms with Crippen LogP contribution in [0.25, 0.3) is 11.3 Å². The van der Waals surface area contributed by atoms with Gasteiger partial charge in [0.1, 0.15) is 17.5 Å². The van der Waals surface area contributed by atoms with Gasteiger partial charge in [-0.1, -0.05) is 12.1 Å². The lowest BCUT2D eigenvalue weighted by molar-refractivity contribution is -0.171. The average molecular weight is 721 g/mol. The molecule has 3 aromatic rings. The third kappa shape index (κ3) is 5.64. The van der Waals surface area contributed by atoms with E-state index in [1.54, 1.807) is 36.4 Å². The second-order valence-corrected chi connectivity index (χ2v) is 15.9. The number of aromatic hydroxyl groups is 1. The minimum atomic E-state index is -0.981. The number of hydrogen-bond donors (Lipinski definition) is 4. The second kappa shape index (κ2) is 12.0. The van der Waals surface area contributed by atoms with E-state index in [4.69, 9.17) is 10.5 Å². The van der Waals surface area contributed by atoms with Gasteiger partial charge >= 0.3 is 0 Å². The van der Waals surface area contributed by atoms with Gasteiger partial charge in [-0.05, 0) is 67.9 Å². The summed E-state index contributed by atoms with van der Waals surface area (Å²) in [5.74, 6) is -1.20. The van der Waals surface area contributed by atoms with Crippen molar-refractivity contribution in [3.63, 3.8) is 0 Å². The lowest BCUT2D eigenvalue weighted by Gasteiger charge is -2.71. The van der Waals surface area contributed by atoms with Crippen LogP contribution in [0.5, 0.6) is 11.5 Å². The molecule has 0 radical (unpaired) electrons. The van der Waals surface area contributed by atoms with Crippen LogP contribution in [-0.4, -0.2) is 106 Å². The summed E-state index contributed by atoms with van der Waals surface area (Å²) in [6.07, 6.45) is 4.36. The summed E-state index contributed by atoms with van der Waals surface area (Å²) in [5.41, 5.74) is 8.71. The van der Waals surface area contributed by atoms with Crippen molar-refractivity contribution in [3.05, 3.63) is 59.7 Å². The predicted molar refractivity (Wildman–Crippen MR) is 190 cm³/mol. The van der Waals surface area contributed by atoms with Crippen molar-refractivity contribution < 1.29 is 33.8 Å². The maximum Gasteiger partial charge on any atom is 0.262 e. The number of phenols is 1. The van der Waals surface area contributed by atoms with E-state index in [-0.39, 0.29) is 57.8 Å². The molecule has 5 N–H and O–H groups in total. The van der Waals surface area contributed by atoms with E-state index in [1.807, 2.05) is 12.1 Å². The van der Waals surface area contributed by atoms with Gasteiger partial charge in [0, 0.05) is 73.8 Å². The Balaban J connectivity index is 0.692. The number of nitrogens with one attached hydrogen (secondary N) is 2. The molecule has 4 aliphatic heterocycles. The molecule has 5 amide bonds. The smallest absolute Gasteiger partial charge is 0.262 e. The first-order valence-electron chi connectivity index (χ1n) is 18.1. The highest BCUT2D eigenvalue weighted by Gasteiger charge is 2.67. The van der Waals surface area contributed by atoms with E-state index in [1.165, 1.54) is 0 Å². The molecule has 15 nitrogen and oxygen atoms in total. The minimum absolute atomic E-state index is 0.0836. The number of para-hydroxylation sites is 1. The van der Waals surface area contributed by atoms with E-state index in [0.717, 1.165) is 62.4 Å². The quantitative estimate of drug-likeness (QED) is 0.210. The van der Waals surface area contributed by atoms with Crippen LogP contribution in [0.2, 0.25) is 0 Å². The summed E-state index contributed by atoms with van der Waals surface area (Å²) in [6, 6.07) is 12.9. The molecular formula is C38H40N8O7. The second-order valence-electron chi connectivity index (χ2n) is 15.9. The van der Waals surface area contributed by atoms with Gasteiger partial charge in [0.25, 0.3) is 11.8 Å². The van der Waals surface area contributed by atoms with Crippen LogP contribution in [0.1, 0.15) is 65.7 Å². The number of phenolic OH excluding ortho intramolecular Hbond substituents is 1. The molecule has 2 bridgehead atoms. The molecule has 53 heavy (non-hydrogen) atoms. The monoisotopic (exact) mass is 720 g/mol. The summed E-state index contributed by atoms with van der Waals surface area (Å²) in [7, 11) is 0. The maximum absolute atomic E-state index is 13.2. The van der Waals surface area contributed by atoms with Crippen LogP contribution in [0.15, 0.2) is 48.5 Å². The first kappa shape index (κ1) is 33.3. The zero-order chi connectivity index (χ0) is 36.7. The number of piperidine rings is 1. The number of nitrogen functional groups attached to an aromatic ring is 1. The first-order chi connectivity index (χ1) is 25.4. The Morgan fingerprint density at radius 1 is 0.962 bits per heavy atom. The van der Waals surface area contributed by atoms with Crippen molar-refractivity contribution in [2.45, 2.75) is 56.5 Å². The minimum Gasteiger partial charge on any atom is -0.507 e. The van der Waals surface area contributed by atoms with Crippen molar-refractivity contribution >= 4 is 41.0 Å². The topological polar surface area (TPSA) is 200 Å². The van der Waals surface area contributed by atoms with E-state index in [0.29, 0.717) is 36.6 Å². The number of fused-ring (bicyclic) bond motifs is 1. The highest BCUT2D eigenvalue weighted by atomic mass is 16.5. The molecule has 2 aromatic carbocycles. The van der Waals surface area contributed by atoms with Crippen LogP contribution in [0, 0.1) is 10.8 Å². The molecule has 1 aromatic heterocycles. The van der Waals surface area contributed by atoms with Crippen LogP contribution in [-0.2, 0) is 14.4 Å². The molecule has 3 aliphatic carbocycles. The number of hydrogen-bond acceptors (Lipinski definition) is 12. The third-order valence-electron chi connectivity index (χ3n) is 12.0. The van der Waals surface area contributed by atoms with Crippen molar-refractivity contribution in [2.75, 3.05) is 50.0 Å². The number of nitrogens with zero attached hydrogens (tertiary/aromatic N) is 5. The predicted octanol–water partition coefficient (Wildman–Crippen LogP) is 1.85. The fourth-order valence-corrected chi connectivity index (χ4v) is 9.57. The lowest BCUT2D eigenvalue weighted by Crippen LogP contribution is -2.75. The largest absolute Gasteiger partial charge is 0.507 e. The maximum atomic E-state index is 13.2. The molecule has 7 aliphatic rings. The van der Waals surface area contributed by atoms with Crippen LogP contribution in [0.3, 0.4) is 0 Å². The lowest BCUT2D eigenvalue weighted by atomic mass is 9.38. The molecule has 15 heteroatoms. The Morgan fingerprint density at radius 3 is 2.47 bits per heavy atom. The number of carbonyl (C=O) groups is 5. The van der Waals surface area contributed by atoms with Crippen molar-refractivity contribution in [1.82, 2.24) is 30.6 Å². The average Bonchev–Trinajstić information content (AvgIpc) is 3.31. The van der Waals surface area contributed by atoms with Crippen LogP contribution < -0.4 is 26.0 Å². The van der Waals surface area contributed by atoms with E-state index >= 15 is 0 Å². The Hall–Kier alpha value is -5.57. The molecule has 1 unspecified atom stereocenters. The molecule has 1 spiro atoms. The van der Waals surface area contributed by atoms with E-state index in [2.05, 4.69) is 30.6 Å². The highest BCUT2D eigenvalue weighted by molar-refractivity contribution is 6.23. The number of rotatable bonds is 11. The van der Waals surface area contributed by atoms with Crippen molar-refractivity contribution in [1.29, 1.82) is 0 Å². The number of nitrogens with two attached hydrogens (primary N) is 1. The normalized spacial score (nSPS) is 26.6. The molecule has 1 atom stereocenters. The molecule has 6 fully saturated rings. The number of imide groups is 2. The summed E-state index contributed by atoms with van der Waals surface area (Å²) < 4.78 is 6.00. The summed E-state index contributed by atoms with van der Waals surface area (Å²) in [5, 5.41) is 23.8.